The fraction of sp³-hybridized carbons (Fsp3) is 0.375. The van der Waals surface area contributed by atoms with Gasteiger partial charge in [0, 0.05) is 12.1 Å². The molecule has 0 bridgehead atoms. The number of carbonyl (C=O) groups excluding carboxylic acids is 1. The highest BCUT2D eigenvalue weighted by atomic mass is 32.2. The monoisotopic (exact) mass is 369 g/mol. The van der Waals surface area contributed by atoms with Crippen molar-refractivity contribution in [2.75, 3.05) is 6.54 Å². The van der Waals surface area contributed by atoms with Crippen LogP contribution in [0.5, 0.6) is 0 Å². The van der Waals surface area contributed by atoms with Crippen molar-refractivity contribution < 1.29 is 23.1 Å². The molecule has 0 aliphatic carbocycles. The normalized spacial score (nSPS) is 15.3. The van der Waals surface area contributed by atoms with Crippen molar-refractivity contribution in [3.05, 3.63) is 41.0 Å². The molecule has 0 aromatic heterocycles. The lowest BCUT2D eigenvalue weighted by atomic mass is 10.1. The van der Waals surface area contributed by atoms with Crippen LogP contribution in [0, 0.1) is 0 Å². The molecule has 0 spiro atoms. The van der Waals surface area contributed by atoms with Gasteiger partial charge in [0.2, 0.25) is 15.9 Å². The number of sulfonamides is 1. The second kappa shape index (κ2) is 8.75. The van der Waals surface area contributed by atoms with Crippen molar-refractivity contribution in [1.82, 2.24) is 5.32 Å². The van der Waals surface area contributed by atoms with Crippen LogP contribution in [0.4, 0.5) is 0 Å². The molecule has 0 radical (unpaired) electrons. The lowest BCUT2D eigenvalue weighted by Crippen LogP contribution is -2.32. The maximum absolute atomic E-state index is 10.9. The minimum Gasteiger partial charge on any atom is -0.480 e. The number of aliphatic carboxylic acids is 1. The van der Waals surface area contributed by atoms with Crippen molar-refractivity contribution in [3.63, 3.8) is 0 Å². The topological polar surface area (TPSA) is 153 Å². The average Bonchev–Trinajstić information content (AvgIpc) is 2.85. The molecule has 138 valence electrons. The van der Waals surface area contributed by atoms with Crippen molar-refractivity contribution in [2.24, 2.45) is 10.9 Å². The van der Waals surface area contributed by atoms with Crippen molar-refractivity contribution >= 4 is 21.9 Å². The summed E-state index contributed by atoms with van der Waals surface area (Å²) in [6.45, 7) is 4.75. The average molecular weight is 369 g/mol. The summed E-state index contributed by atoms with van der Waals surface area (Å²) >= 11 is 0. The highest BCUT2D eigenvalue weighted by Crippen LogP contribution is 2.12. The predicted octanol–water partition coefficient (Wildman–Crippen LogP) is 0.131. The summed E-state index contributed by atoms with van der Waals surface area (Å²) in [5.74, 6) is -0.981. The zero-order valence-electron chi connectivity index (χ0n) is 14.2. The molecule has 0 saturated heterocycles. The molecule has 1 unspecified atom stereocenters. The van der Waals surface area contributed by atoms with E-state index in [-0.39, 0.29) is 17.2 Å². The van der Waals surface area contributed by atoms with E-state index in [9.17, 15) is 18.0 Å². The second-order valence-electron chi connectivity index (χ2n) is 5.63. The Labute approximate surface area is 146 Å². The van der Waals surface area contributed by atoms with E-state index in [0.717, 1.165) is 18.5 Å². The van der Waals surface area contributed by atoms with Gasteiger partial charge in [-0.25, -0.2) is 13.6 Å². The summed E-state index contributed by atoms with van der Waals surface area (Å²) in [5, 5.41) is 16.3. The summed E-state index contributed by atoms with van der Waals surface area (Å²) in [6, 6.07) is 4.61. The van der Waals surface area contributed by atoms with Crippen LogP contribution >= 0.6 is 0 Å². The number of primary sulfonamides is 1. The van der Waals surface area contributed by atoms with Gasteiger partial charge in [0.05, 0.1) is 4.90 Å². The van der Waals surface area contributed by atoms with Gasteiger partial charge in [-0.1, -0.05) is 19.1 Å². The molecular weight excluding hydrogens is 346 g/mol. The Bertz CT molecular complexity index is 769. The number of amides is 1. The first-order valence-electron chi connectivity index (χ1n) is 7.63. The maximum Gasteiger partial charge on any atom is 0.320 e. The standard InChI is InChI=1S/C9H12N2O4S.C7H11NO/c10-8(9(12)13)5-6-1-3-7(4-2-6)16(11,14)15;1-3-6-5(2)4-8-7(6)9/h1-4,8H,5,10H2,(H,12,13)(H2,11,14,15);3-4H2,1-2H3,(H,8,9). The first kappa shape index (κ1) is 20.8. The Balaban J connectivity index is 0.000000293. The lowest BCUT2D eigenvalue weighted by Gasteiger charge is -2.06. The van der Waals surface area contributed by atoms with E-state index in [2.05, 4.69) is 5.32 Å². The molecule has 1 aliphatic rings. The molecule has 8 nitrogen and oxygen atoms in total. The molecule has 1 aliphatic heterocycles. The van der Waals surface area contributed by atoms with Gasteiger partial charge >= 0.3 is 5.97 Å². The van der Waals surface area contributed by atoms with Crippen LogP contribution < -0.4 is 16.2 Å². The SMILES string of the molecule is CCC1=C(C)CNC1=O.NC(Cc1ccc(S(N)(=O)=O)cc1)C(=O)O. The molecule has 0 fully saturated rings. The van der Waals surface area contributed by atoms with E-state index in [1.54, 1.807) is 0 Å². The number of carboxylic acids is 1. The van der Waals surface area contributed by atoms with E-state index >= 15 is 0 Å². The fourth-order valence-electron chi connectivity index (χ4n) is 2.24. The van der Waals surface area contributed by atoms with Gasteiger partial charge in [0.25, 0.3) is 0 Å². The van der Waals surface area contributed by atoms with Crippen molar-refractivity contribution in [1.29, 1.82) is 0 Å². The van der Waals surface area contributed by atoms with Gasteiger partial charge in [-0.3, -0.25) is 9.59 Å². The summed E-state index contributed by atoms with van der Waals surface area (Å²) in [4.78, 5) is 21.3. The number of nitrogens with two attached hydrogens (primary N) is 2. The Hall–Kier alpha value is -2.23. The first-order chi connectivity index (χ1) is 11.6. The second-order valence-corrected chi connectivity index (χ2v) is 7.19. The Morgan fingerprint density at radius 1 is 1.32 bits per heavy atom. The van der Waals surface area contributed by atoms with Crippen LogP contribution in [0.2, 0.25) is 0 Å². The van der Waals surface area contributed by atoms with Crippen LogP contribution in [0.3, 0.4) is 0 Å². The van der Waals surface area contributed by atoms with Crippen LogP contribution in [-0.2, 0) is 26.0 Å². The Morgan fingerprint density at radius 2 is 1.88 bits per heavy atom. The highest BCUT2D eigenvalue weighted by Gasteiger charge is 2.16. The summed E-state index contributed by atoms with van der Waals surface area (Å²) in [5.41, 5.74) is 8.14. The van der Waals surface area contributed by atoms with E-state index in [1.165, 1.54) is 29.8 Å². The van der Waals surface area contributed by atoms with E-state index < -0.39 is 22.0 Å². The van der Waals surface area contributed by atoms with E-state index in [1.807, 2.05) is 13.8 Å². The lowest BCUT2D eigenvalue weighted by molar-refractivity contribution is -0.138. The molecule has 25 heavy (non-hydrogen) atoms. The van der Waals surface area contributed by atoms with Crippen LogP contribution in [0.25, 0.3) is 0 Å². The minimum absolute atomic E-state index is 0.0138. The number of benzene rings is 1. The zero-order valence-corrected chi connectivity index (χ0v) is 15.0. The maximum atomic E-state index is 10.9. The predicted molar refractivity (Wildman–Crippen MR) is 93.1 cm³/mol. The Morgan fingerprint density at radius 3 is 2.20 bits per heavy atom. The molecule has 1 atom stereocenters. The largest absolute Gasteiger partial charge is 0.480 e. The molecule has 1 aromatic carbocycles. The van der Waals surface area contributed by atoms with E-state index in [4.69, 9.17) is 16.0 Å². The van der Waals surface area contributed by atoms with Crippen LogP contribution in [0.15, 0.2) is 40.3 Å². The van der Waals surface area contributed by atoms with Crippen LogP contribution in [0.1, 0.15) is 25.8 Å². The van der Waals surface area contributed by atoms with Gasteiger partial charge < -0.3 is 16.2 Å². The van der Waals surface area contributed by atoms with E-state index in [0.29, 0.717) is 5.56 Å². The van der Waals surface area contributed by atoms with Crippen LogP contribution in [-0.4, -0.2) is 38.0 Å². The van der Waals surface area contributed by atoms with Gasteiger partial charge in [0.15, 0.2) is 0 Å². The number of carboxylic acid groups (broad SMARTS) is 1. The first-order valence-corrected chi connectivity index (χ1v) is 9.17. The number of carbonyl (C=O) groups is 2. The Kier molecular flexibility index (Phi) is 7.28. The van der Waals surface area contributed by atoms with Gasteiger partial charge in [0.1, 0.15) is 6.04 Å². The number of nitrogens with one attached hydrogen (secondary N) is 1. The summed E-state index contributed by atoms with van der Waals surface area (Å²) in [7, 11) is -3.71. The third kappa shape index (κ3) is 6.29. The fourth-order valence-corrected chi connectivity index (χ4v) is 2.75. The summed E-state index contributed by atoms with van der Waals surface area (Å²) in [6.07, 6.45) is 0.998. The zero-order chi connectivity index (χ0) is 19.2. The minimum atomic E-state index is -3.71. The molecule has 1 aromatic rings. The number of hydrogen-bond acceptors (Lipinski definition) is 5. The summed E-state index contributed by atoms with van der Waals surface area (Å²) < 4.78 is 21.9. The van der Waals surface area contributed by atoms with Crippen molar-refractivity contribution in [2.45, 2.75) is 37.6 Å². The number of rotatable bonds is 5. The van der Waals surface area contributed by atoms with Gasteiger partial charge in [-0.05, 0) is 43.0 Å². The van der Waals surface area contributed by atoms with Gasteiger partial charge in [-0.15, -0.1) is 0 Å². The van der Waals surface area contributed by atoms with Gasteiger partial charge in [-0.2, -0.15) is 0 Å². The molecule has 1 amide bonds. The molecule has 1 heterocycles. The third-order valence-electron chi connectivity index (χ3n) is 3.68. The quantitative estimate of drug-likeness (QED) is 0.579. The van der Waals surface area contributed by atoms with Crippen molar-refractivity contribution in [3.8, 4) is 0 Å². The molecular formula is C16H23N3O5S. The molecule has 9 heteroatoms. The smallest absolute Gasteiger partial charge is 0.320 e. The highest BCUT2D eigenvalue weighted by molar-refractivity contribution is 7.89. The number of hydrogen-bond donors (Lipinski definition) is 4. The third-order valence-corrected chi connectivity index (χ3v) is 4.61. The molecule has 2 rings (SSSR count). The molecule has 6 N–H and O–H groups in total. The molecule has 0 saturated carbocycles.